The normalized spacial score (nSPS) is 12.8. The Kier molecular flexibility index (Phi) is 10.4. The molecule has 1 aromatic heterocycles. The molecule has 0 saturated carbocycles. The van der Waals surface area contributed by atoms with E-state index in [1.807, 2.05) is 6.07 Å². The molecule has 0 radical (unpaired) electrons. The van der Waals surface area contributed by atoms with Crippen LogP contribution in [0, 0.1) is 14.9 Å². The van der Waals surface area contributed by atoms with Crippen molar-refractivity contribution in [1.82, 2.24) is 0 Å². The summed E-state index contributed by atoms with van der Waals surface area (Å²) in [5.41, 5.74) is 2.53. The Hall–Kier alpha value is -2.78. The van der Waals surface area contributed by atoms with E-state index in [-0.39, 0.29) is 18.8 Å². The fourth-order valence-corrected chi connectivity index (χ4v) is 6.83. The molecule has 4 rings (SSSR count). The third-order valence-corrected chi connectivity index (χ3v) is 8.79. The highest BCUT2D eigenvalue weighted by atomic mass is 127. The monoisotopic (exact) mass is 710 g/mol. The number of halogens is 3. The highest BCUT2D eigenvalue weighted by Crippen LogP contribution is 2.39. The average molecular weight is 711 g/mol. The van der Waals surface area contributed by atoms with E-state index >= 15 is 0 Å². The van der Waals surface area contributed by atoms with Crippen LogP contribution in [0.5, 0.6) is 11.5 Å². The minimum Gasteiger partial charge on any atom is -0.493 e. The van der Waals surface area contributed by atoms with Gasteiger partial charge in [-0.2, -0.15) is 5.26 Å². The Labute approximate surface area is 260 Å². The van der Waals surface area contributed by atoms with Crippen molar-refractivity contribution in [3.05, 3.63) is 76.7 Å². The summed E-state index contributed by atoms with van der Waals surface area (Å²) < 4.78 is 17.5. The first-order valence-corrected chi connectivity index (χ1v) is 15.1. The Morgan fingerprint density at radius 1 is 1.20 bits per heavy atom. The maximum Gasteiger partial charge on any atom is 0.341 e. The largest absolute Gasteiger partial charge is 0.493 e. The lowest BCUT2D eigenvalue weighted by Crippen LogP contribution is -2.16. The number of hydrogen-bond donors (Lipinski definition) is 1. The first-order valence-electron chi connectivity index (χ1n) is 12.4. The molecule has 7 nitrogen and oxygen atoms in total. The van der Waals surface area contributed by atoms with Crippen LogP contribution >= 0.6 is 57.1 Å². The SMILES string of the molecule is CCOC(=O)c1c(NC(=O)C(C#N)=Cc2cc(I)c(OCc3ccc(Cl)cc3Cl)c(OC)c2)sc2c1CCCC2. The molecule has 1 amide bonds. The van der Waals surface area contributed by atoms with Crippen LogP contribution < -0.4 is 14.8 Å². The van der Waals surface area contributed by atoms with E-state index in [1.54, 1.807) is 37.3 Å². The summed E-state index contributed by atoms with van der Waals surface area (Å²) in [6.07, 6.45) is 5.07. The van der Waals surface area contributed by atoms with Crippen LogP contribution in [0.2, 0.25) is 10.0 Å². The highest BCUT2D eigenvalue weighted by molar-refractivity contribution is 14.1. The molecule has 208 valence electrons. The van der Waals surface area contributed by atoms with Crippen molar-refractivity contribution >= 4 is 80.1 Å². The van der Waals surface area contributed by atoms with Crippen LogP contribution in [0.1, 0.15) is 51.7 Å². The molecule has 0 bridgehead atoms. The Morgan fingerprint density at radius 2 is 1.98 bits per heavy atom. The van der Waals surface area contributed by atoms with Gasteiger partial charge in [0.2, 0.25) is 0 Å². The molecule has 2 aromatic carbocycles. The third-order valence-electron chi connectivity index (χ3n) is 6.19. The first kappa shape index (κ1) is 30.2. The lowest BCUT2D eigenvalue weighted by atomic mass is 9.95. The fourth-order valence-electron chi connectivity index (χ4n) is 4.31. The number of hydrogen-bond acceptors (Lipinski definition) is 7. The van der Waals surface area contributed by atoms with Crippen LogP contribution in [-0.4, -0.2) is 25.6 Å². The molecule has 3 aromatic rings. The van der Waals surface area contributed by atoms with E-state index in [1.165, 1.54) is 24.5 Å². The van der Waals surface area contributed by atoms with Crippen molar-refractivity contribution in [2.45, 2.75) is 39.2 Å². The summed E-state index contributed by atoms with van der Waals surface area (Å²) in [4.78, 5) is 27.0. The molecule has 1 heterocycles. The van der Waals surface area contributed by atoms with Gasteiger partial charge in [-0.25, -0.2) is 4.79 Å². The van der Waals surface area contributed by atoms with Gasteiger partial charge in [0.15, 0.2) is 11.5 Å². The minimum atomic E-state index is -0.613. The number of benzene rings is 2. The number of carbonyl (C=O) groups excluding carboxylic acids is 2. The molecule has 0 atom stereocenters. The number of amides is 1. The zero-order chi connectivity index (χ0) is 28.8. The van der Waals surface area contributed by atoms with E-state index < -0.39 is 11.9 Å². The number of nitrogens with one attached hydrogen (secondary N) is 1. The van der Waals surface area contributed by atoms with E-state index in [0.29, 0.717) is 41.2 Å². The zero-order valence-corrected chi connectivity index (χ0v) is 26.2. The summed E-state index contributed by atoms with van der Waals surface area (Å²) in [6.45, 7) is 2.16. The summed E-state index contributed by atoms with van der Waals surface area (Å²) in [5.74, 6) is -0.151. The number of thiophene rings is 1. The quantitative estimate of drug-likeness (QED) is 0.105. The maximum atomic E-state index is 13.2. The van der Waals surface area contributed by atoms with Gasteiger partial charge < -0.3 is 19.5 Å². The van der Waals surface area contributed by atoms with Crippen molar-refractivity contribution in [2.24, 2.45) is 0 Å². The molecule has 0 aliphatic heterocycles. The van der Waals surface area contributed by atoms with E-state index in [2.05, 4.69) is 27.9 Å². The molecule has 40 heavy (non-hydrogen) atoms. The Balaban J connectivity index is 1.58. The topological polar surface area (TPSA) is 97.7 Å². The number of nitrogens with zero attached hydrogens (tertiary/aromatic N) is 1. The van der Waals surface area contributed by atoms with Crippen molar-refractivity contribution in [3.8, 4) is 17.6 Å². The van der Waals surface area contributed by atoms with Crippen molar-refractivity contribution in [2.75, 3.05) is 19.0 Å². The fraction of sp³-hybridized carbons (Fsp3) is 0.276. The average Bonchev–Trinajstić information content (AvgIpc) is 3.29. The highest BCUT2D eigenvalue weighted by Gasteiger charge is 2.28. The summed E-state index contributed by atoms with van der Waals surface area (Å²) in [6, 6.07) is 10.6. The second-order valence-corrected chi connectivity index (χ2v) is 11.9. The molecule has 0 fully saturated rings. The predicted molar refractivity (Wildman–Crippen MR) is 166 cm³/mol. The molecular formula is C29H25Cl2IN2O5S. The van der Waals surface area contributed by atoms with Gasteiger partial charge in [0.05, 0.1) is 22.9 Å². The number of esters is 1. The Bertz CT molecular complexity index is 1530. The zero-order valence-electron chi connectivity index (χ0n) is 21.7. The summed E-state index contributed by atoms with van der Waals surface area (Å²) >= 11 is 15.7. The molecule has 0 spiro atoms. The molecule has 1 aliphatic rings. The summed E-state index contributed by atoms with van der Waals surface area (Å²) in [5, 5.41) is 14.0. The van der Waals surface area contributed by atoms with Crippen LogP contribution in [0.4, 0.5) is 5.00 Å². The van der Waals surface area contributed by atoms with Gasteiger partial charge in [-0.1, -0.05) is 29.3 Å². The molecule has 0 saturated heterocycles. The maximum absolute atomic E-state index is 13.2. The van der Waals surface area contributed by atoms with Gasteiger partial charge >= 0.3 is 5.97 Å². The van der Waals surface area contributed by atoms with E-state index in [0.717, 1.165) is 41.7 Å². The van der Waals surface area contributed by atoms with E-state index in [4.69, 9.17) is 37.4 Å². The van der Waals surface area contributed by atoms with Crippen molar-refractivity contribution in [3.63, 3.8) is 0 Å². The molecule has 0 unspecified atom stereocenters. The minimum absolute atomic E-state index is 0.124. The molecule has 11 heteroatoms. The lowest BCUT2D eigenvalue weighted by molar-refractivity contribution is -0.112. The third kappa shape index (κ3) is 6.92. The van der Waals surface area contributed by atoms with E-state index in [9.17, 15) is 14.9 Å². The summed E-state index contributed by atoms with van der Waals surface area (Å²) in [7, 11) is 1.51. The predicted octanol–water partition coefficient (Wildman–Crippen LogP) is 7.85. The number of methoxy groups -OCH3 is 1. The first-order chi connectivity index (χ1) is 19.2. The lowest BCUT2D eigenvalue weighted by Gasteiger charge is -2.14. The van der Waals surface area contributed by atoms with Gasteiger partial charge in [0, 0.05) is 20.5 Å². The number of ether oxygens (including phenoxy) is 3. The number of nitriles is 1. The number of carbonyl (C=O) groups is 2. The number of anilines is 1. The van der Waals surface area contributed by atoms with Crippen LogP contribution in [0.3, 0.4) is 0 Å². The molecule has 1 aliphatic carbocycles. The van der Waals surface area contributed by atoms with Gasteiger partial charge in [-0.15, -0.1) is 11.3 Å². The van der Waals surface area contributed by atoms with Gasteiger partial charge in [-0.3, -0.25) is 4.79 Å². The van der Waals surface area contributed by atoms with Gasteiger partial charge in [-0.05, 0) is 96.7 Å². The number of rotatable bonds is 9. The van der Waals surface area contributed by atoms with Crippen LogP contribution in [0.25, 0.3) is 6.08 Å². The second kappa shape index (κ2) is 13.7. The van der Waals surface area contributed by atoms with Gasteiger partial charge in [0.1, 0.15) is 23.3 Å². The smallest absolute Gasteiger partial charge is 0.341 e. The standard InChI is InChI=1S/C29H25Cl2IN2O5S/c1-3-38-29(36)25-20-6-4-5-7-24(20)40-28(25)34-27(35)18(14-33)10-16-11-22(32)26(23(12-16)37-2)39-15-17-8-9-19(30)13-21(17)31/h8-13H,3-7,15H2,1-2H3,(H,34,35). The Morgan fingerprint density at radius 3 is 2.67 bits per heavy atom. The van der Waals surface area contributed by atoms with Crippen molar-refractivity contribution in [1.29, 1.82) is 5.26 Å². The van der Waals surface area contributed by atoms with Gasteiger partial charge in [0.25, 0.3) is 5.91 Å². The molecule has 1 N–H and O–H groups in total. The second-order valence-electron chi connectivity index (χ2n) is 8.82. The van der Waals surface area contributed by atoms with Crippen LogP contribution in [0.15, 0.2) is 35.9 Å². The number of aryl methyl sites for hydroxylation is 1. The number of fused-ring (bicyclic) bond motifs is 1. The van der Waals surface area contributed by atoms with Crippen molar-refractivity contribution < 1.29 is 23.8 Å². The van der Waals surface area contributed by atoms with Crippen LogP contribution in [-0.2, 0) is 29.0 Å². The molecular weight excluding hydrogens is 686 g/mol.